The molecule has 162 valence electrons. The summed E-state index contributed by atoms with van der Waals surface area (Å²) in [6.45, 7) is 0.590. The lowest BCUT2D eigenvalue weighted by molar-refractivity contribution is -0.274. The largest absolute Gasteiger partial charge is 0.573 e. The Morgan fingerprint density at radius 3 is 2.17 bits per heavy atom. The zero-order chi connectivity index (χ0) is 21.8. The van der Waals surface area contributed by atoms with E-state index in [1.54, 1.807) is 12.1 Å². The molecule has 0 amide bonds. The molecule has 7 nitrogen and oxygen atoms in total. The lowest BCUT2D eigenvalue weighted by Crippen LogP contribution is -2.38. The van der Waals surface area contributed by atoms with Crippen molar-refractivity contribution in [3.8, 4) is 11.5 Å². The molecule has 1 saturated heterocycles. The quantitative estimate of drug-likeness (QED) is 0.688. The van der Waals surface area contributed by atoms with Gasteiger partial charge in [0.05, 0.1) is 10.6 Å². The maximum absolute atomic E-state index is 12.7. The van der Waals surface area contributed by atoms with Gasteiger partial charge in [-0.2, -0.15) is 4.31 Å². The number of piperidine rings is 1. The molecule has 1 heterocycles. The minimum atomic E-state index is -4.84. The number of oxime groups is 1. The number of halogens is 3. The molecule has 1 aliphatic heterocycles. The SMILES string of the molecule is O=S(=O)(c1ccc(OC(F)(F)F)cc1)N1CCC(=NOCc2ccc(O)cc2)CC1. The number of hydrogen-bond donors (Lipinski definition) is 1. The Hall–Kier alpha value is -2.79. The first-order valence-corrected chi connectivity index (χ1v) is 10.4. The molecule has 1 fully saturated rings. The summed E-state index contributed by atoms with van der Waals surface area (Å²) in [4.78, 5) is 5.18. The van der Waals surface area contributed by atoms with Gasteiger partial charge in [0.15, 0.2) is 0 Å². The third-order valence-electron chi connectivity index (χ3n) is 4.36. The molecule has 1 N–H and O–H groups in total. The molecule has 3 rings (SSSR count). The highest BCUT2D eigenvalue weighted by molar-refractivity contribution is 7.89. The normalized spacial score (nSPS) is 15.6. The predicted octanol–water partition coefficient (Wildman–Crippen LogP) is 3.65. The summed E-state index contributed by atoms with van der Waals surface area (Å²) >= 11 is 0. The molecule has 0 radical (unpaired) electrons. The topological polar surface area (TPSA) is 88.4 Å². The number of phenols is 1. The average molecular weight is 444 g/mol. The molecule has 2 aromatic rings. The second kappa shape index (κ2) is 8.92. The van der Waals surface area contributed by atoms with Gasteiger partial charge in [0.1, 0.15) is 18.1 Å². The first-order chi connectivity index (χ1) is 14.1. The van der Waals surface area contributed by atoms with Gasteiger partial charge in [-0.1, -0.05) is 17.3 Å². The van der Waals surface area contributed by atoms with Gasteiger partial charge >= 0.3 is 6.36 Å². The third kappa shape index (κ3) is 5.86. The van der Waals surface area contributed by atoms with E-state index in [1.165, 1.54) is 16.4 Å². The van der Waals surface area contributed by atoms with E-state index in [2.05, 4.69) is 9.89 Å². The molecule has 0 spiro atoms. The van der Waals surface area contributed by atoms with Crippen molar-refractivity contribution in [2.24, 2.45) is 5.16 Å². The van der Waals surface area contributed by atoms with E-state index in [4.69, 9.17) is 4.84 Å². The molecule has 0 unspecified atom stereocenters. The molecule has 30 heavy (non-hydrogen) atoms. The fraction of sp³-hybridized carbons (Fsp3) is 0.316. The van der Waals surface area contributed by atoms with Crippen molar-refractivity contribution in [1.29, 1.82) is 0 Å². The first-order valence-electron chi connectivity index (χ1n) is 8.95. The van der Waals surface area contributed by atoms with Crippen LogP contribution < -0.4 is 4.74 Å². The van der Waals surface area contributed by atoms with Crippen molar-refractivity contribution in [2.75, 3.05) is 13.1 Å². The van der Waals surface area contributed by atoms with E-state index in [1.807, 2.05) is 0 Å². The van der Waals surface area contributed by atoms with Gasteiger partial charge in [-0.15, -0.1) is 13.2 Å². The van der Waals surface area contributed by atoms with Crippen molar-refractivity contribution in [1.82, 2.24) is 4.31 Å². The van der Waals surface area contributed by atoms with Crippen molar-refractivity contribution >= 4 is 15.7 Å². The Balaban J connectivity index is 1.54. The molecule has 0 atom stereocenters. The molecule has 0 aromatic heterocycles. The molecule has 0 aliphatic carbocycles. The van der Waals surface area contributed by atoms with Gasteiger partial charge in [-0.3, -0.25) is 0 Å². The summed E-state index contributed by atoms with van der Waals surface area (Å²) in [5, 5.41) is 13.3. The number of aromatic hydroxyl groups is 1. The second-order valence-electron chi connectivity index (χ2n) is 6.52. The second-order valence-corrected chi connectivity index (χ2v) is 8.46. The molecular formula is C19H19F3N2O5S. The molecule has 11 heteroatoms. The monoisotopic (exact) mass is 444 g/mol. The van der Waals surface area contributed by atoms with Crippen LogP contribution in [0.1, 0.15) is 18.4 Å². The van der Waals surface area contributed by atoms with E-state index >= 15 is 0 Å². The number of phenolic OH excluding ortho intramolecular Hbond substituents is 1. The Morgan fingerprint density at radius 2 is 1.60 bits per heavy atom. The molecule has 2 aromatic carbocycles. The Morgan fingerprint density at radius 1 is 1.00 bits per heavy atom. The standard InChI is InChI=1S/C19H19F3N2O5S/c20-19(21,22)29-17-5-7-18(8-6-17)30(26,27)24-11-9-15(10-12-24)23-28-13-14-1-3-16(25)4-2-14/h1-8,25H,9-13H2. The predicted molar refractivity (Wildman–Crippen MR) is 101 cm³/mol. The highest BCUT2D eigenvalue weighted by atomic mass is 32.2. The summed E-state index contributed by atoms with van der Waals surface area (Å²) in [6, 6.07) is 10.6. The van der Waals surface area contributed by atoms with E-state index < -0.39 is 22.1 Å². The fourth-order valence-corrected chi connectivity index (χ4v) is 4.27. The van der Waals surface area contributed by atoms with Crippen LogP contribution in [-0.2, 0) is 21.5 Å². The van der Waals surface area contributed by atoms with Gasteiger partial charge in [-0.25, -0.2) is 8.42 Å². The van der Waals surface area contributed by atoms with Crippen molar-refractivity contribution in [2.45, 2.75) is 30.7 Å². The van der Waals surface area contributed by atoms with Crippen LogP contribution in [0.5, 0.6) is 11.5 Å². The number of nitrogens with zero attached hydrogens (tertiary/aromatic N) is 2. The number of sulfonamides is 1. The minimum absolute atomic E-state index is 0.110. The number of hydrogen-bond acceptors (Lipinski definition) is 6. The lowest BCUT2D eigenvalue weighted by atomic mass is 10.1. The third-order valence-corrected chi connectivity index (χ3v) is 6.27. The zero-order valence-corrected chi connectivity index (χ0v) is 16.5. The van der Waals surface area contributed by atoms with Crippen LogP contribution in [0.25, 0.3) is 0 Å². The first kappa shape index (κ1) is 21.9. The van der Waals surface area contributed by atoms with Gasteiger partial charge in [0.25, 0.3) is 0 Å². The van der Waals surface area contributed by atoms with Crippen molar-refractivity contribution in [3.05, 3.63) is 54.1 Å². The summed E-state index contributed by atoms with van der Waals surface area (Å²) in [6.07, 6.45) is -4.08. The Bertz CT molecular complexity index is 980. The maximum atomic E-state index is 12.7. The van der Waals surface area contributed by atoms with Gasteiger partial charge in [0.2, 0.25) is 10.0 Å². The highest BCUT2D eigenvalue weighted by Crippen LogP contribution is 2.26. The average Bonchev–Trinajstić information content (AvgIpc) is 2.69. The van der Waals surface area contributed by atoms with E-state index in [9.17, 15) is 26.7 Å². The number of benzene rings is 2. The van der Waals surface area contributed by atoms with Crippen LogP contribution in [-0.4, -0.2) is 43.0 Å². The van der Waals surface area contributed by atoms with Crippen LogP contribution in [0.4, 0.5) is 13.2 Å². The van der Waals surface area contributed by atoms with E-state index in [-0.39, 0.29) is 30.3 Å². The van der Waals surface area contributed by atoms with Crippen LogP contribution in [0.2, 0.25) is 0 Å². The Labute approximate surface area is 171 Å². The molecular weight excluding hydrogens is 425 g/mol. The van der Waals surface area contributed by atoms with Crippen LogP contribution >= 0.6 is 0 Å². The molecule has 1 aliphatic rings. The van der Waals surface area contributed by atoms with Gasteiger partial charge in [0, 0.05) is 25.9 Å². The summed E-state index contributed by atoms with van der Waals surface area (Å²) in [7, 11) is -3.84. The summed E-state index contributed by atoms with van der Waals surface area (Å²) in [5.41, 5.74) is 1.55. The number of rotatable bonds is 6. The van der Waals surface area contributed by atoms with Crippen LogP contribution in [0, 0.1) is 0 Å². The zero-order valence-electron chi connectivity index (χ0n) is 15.7. The van der Waals surface area contributed by atoms with Crippen molar-refractivity contribution < 1.29 is 36.3 Å². The molecule has 0 saturated carbocycles. The van der Waals surface area contributed by atoms with E-state index in [0.717, 1.165) is 29.8 Å². The maximum Gasteiger partial charge on any atom is 0.573 e. The van der Waals surface area contributed by atoms with Crippen LogP contribution in [0.15, 0.2) is 58.6 Å². The summed E-state index contributed by atoms with van der Waals surface area (Å²) < 4.78 is 67.1. The highest BCUT2D eigenvalue weighted by Gasteiger charge is 2.32. The summed E-state index contributed by atoms with van der Waals surface area (Å²) in [5.74, 6) is -0.332. The van der Waals surface area contributed by atoms with Gasteiger partial charge < -0.3 is 14.7 Å². The van der Waals surface area contributed by atoms with Crippen molar-refractivity contribution in [3.63, 3.8) is 0 Å². The smallest absolute Gasteiger partial charge is 0.508 e. The minimum Gasteiger partial charge on any atom is -0.508 e. The van der Waals surface area contributed by atoms with E-state index in [0.29, 0.717) is 18.6 Å². The Kier molecular flexibility index (Phi) is 6.52. The molecule has 0 bridgehead atoms. The lowest BCUT2D eigenvalue weighted by Gasteiger charge is -2.26. The number of ether oxygens (including phenoxy) is 1. The fourth-order valence-electron chi connectivity index (χ4n) is 2.83. The number of alkyl halides is 3. The van der Waals surface area contributed by atoms with Gasteiger partial charge in [-0.05, 0) is 42.0 Å². The van der Waals surface area contributed by atoms with Crippen LogP contribution in [0.3, 0.4) is 0 Å².